The number of hydrogen-bond acceptors (Lipinski definition) is 3. The first-order valence-electron chi connectivity index (χ1n) is 8.00. The maximum atomic E-state index is 11.9. The molecule has 124 valence electrons. The van der Waals surface area contributed by atoms with Gasteiger partial charge in [-0.05, 0) is 31.0 Å². The Morgan fingerprint density at radius 2 is 1.74 bits per heavy atom. The van der Waals surface area contributed by atoms with Gasteiger partial charge in [-0.25, -0.2) is 0 Å². The first-order chi connectivity index (χ1) is 11.0. The van der Waals surface area contributed by atoms with Crippen molar-refractivity contribution in [3.8, 4) is 0 Å². The van der Waals surface area contributed by atoms with Crippen molar-refractivity contribution in [1.82, 2.24) is 5.32 Å². The van der Waals surface area contributed by atoms with Crippen molar-refractivity contribution in [3.05, 3.63) is 24.3 Å². The highest BCUT2D eigenvalue weighted by Gasteiger charge is 2.22. The molecule has 23 heavy (non-hydrogen) atoms. The molecular formula is C17H23N3O3. The van der Waals surface area contributed by atoms with Gasteiger partial charge >= 0.3 is 0 Å². The maximum Gasteiger partial charge on any atom is 0.226 e. The Kier molecular flexibility index (Phi) is 6.14. The lowest BCUT2D eigenvalue weighted by atomic mass is 10.1. The Labute approximate surface area is 136 Å². The van der Waals surface area contributed by atoms with Crippen LogP contribution in [0.2, 0.25) is 0 Å². The molecule has 2 rings (SSSR count). The van der Waals surface area contributed by atoms with Crippen LogP contribution in [0.3, 0.4) is 0 Å². The number of carbonyl (C=O) groups is 3. The summed E-state index contributed by atoms with van der Waals surface area (Å²) in [6, 6.07) is 6.94. The number of anilines is 2. The lowest BCUT2D eigenvalue weighted by Gasteiger charge is -2.11. The van der Waals surface area contributed by atoms with Crippen molar-refractivity contribution in [2.24, 2.45) is 5.92 Å². The summed E-state index contributed by atoms with van der Waals surface area (Å²) >= 11 is 0. The van der Waals surface area contributed by atoms with Crippen LogP contribution < -0.4 is 16.0 Å². The SMILES string of the molecule is CC(=O)Nc1cccc(NC(=O)CCNC(=O)C2CCCC2)c1. The van der Waals surface area contributed by atoms with Crippen LogP contribution in [-0.4, -0.2) is 24.3 Å². The second-order valence-corrected chi connectivity index (χ2v) is 5.83. The molecule has 0 atom stereocenters. The molecule has 6 nitrogen and oxygen atoms in total. The third-order valence-electron chi connectivity index (χ3n) is 3.84. The highest BCUT2D eigenvalue weighted by atomic mass is 16.2. The molecule has 0 spiro atoms. The summed E-state index contributed by atoms with van der Waals surface area (Å²) in [5.41, 5.74) is 1.24. The fraction of sp³-hybridized carbons (Fsp3) is 0.471. The molecule has 3 amide bonds. The minimum absolute atomic E-state index is 0.0583. The average Bonchev–Trinajstić information content (AvgIpc) is 3.01. The molecule has 1 aromatic carbocycles. The normalized spacial score (nSPS) is 14.3. The van der Waals surface area contributed by atoms with Gasteiger partial charge in [-0.1, -0.05) is 18.9 Å². The van der Waals surface area contributed by atoms with E-state index >= 15 is 0 Å². The van der Waals surface area contributed by atoms with Crippen molar-refractivity contribution in [2.45, 2.75) is 39.0 Å². The molecule has 3 N–H and O–H groups in total. The zero-order valence-corrected chi connectivity index (χ0v) is 13.4. The van der Waals surface area contributed by atoms with Gasteiger partial charge in [0.05, 0.1) is 0 Å². The molecule has 0 heterocycles. The molecule has 0 aliphatic heterocycles. The van der Waals surface area contributed by atoms with Crippen LogP contribution in [0.5, 0.6) is 0 Å². The fourth-order valence-electron chi connectivity index (χ4n) is 2.73. The zero-order chi connectivity index (χ0) is 16.7. The van der Waals surface area contributed by atoms with Crippen molar-refractivity contribution >= 4 is 29.1 Å². The summed E-state index contributed by atoms with van der Waals surface area (Å²) in [7, 11) is 0. The van der Waals surface area contributed by atoms with Crippen molar-refractivity contribution in [2.75, 3.05) is 17.2 Å². The Bertz CT molecular complexity index is 580. The molecule has 1 aromatic rings. The first-order valence-corrected chi connectivity index (χ1v) is 8.00. The highest BCUT2D eigenvalue weighted by Crippen LogP contribution is 2.24. The highest BCUT2D eigenvalue weighted by molar-refractivity contribution is 5.93. The lowest BCUT2D eigenvalue weighted by molar-refractivity contribution is -0.125. The topological polar surface area (TPSA) is 87.3 Å². The summed E-state index contributed by atoms with van der Waals surface area (Å²) in [6.07, 6.45) is 4.36. The van der Waals surface area contributed by atoms with E-state index in [0.29, 0.717) is 17.9 Å². The quantitative estimate of drug-likeness (QED) is 0.752. The lowest BCUT2D eigenvalue weighted by Crippen LogP contribution is -2.32. The largest absolute Gasteiger partial charge is 0.355 e. The summed E-state index contributed by atoms with van der Waals surface area (Å²) in [4.78, 5) is 34.8. The third kappa shape index (κ3) is 5.73. The number of amides is 3. The molecule has 6 heteroatoms. The number of nitrogens with one attached hydrogen (secondary N) is 3. The van der Waals surface area contributed by atoms with E-state index in [1.807, 2.05) is 0 Å². The predicted molar refractivity (Wildman–Crippen MR) is 89.0 cm³/mol. The van der Waals surface area contributed by atoms with Gasteiger partial charge in [-0.3, -0.25) is 14.4 Å². The van der Waals surface area contributed by atoms with Gasteiger partial charge in [0.15, 0.2) is 0 Å². The molecule has 0 radical (unpaired) electrons. The monoisotopic (exact) mass is 317 g/mol. The number of carbonyl (C=O) groups excluding carboxylic acids is 3. The van der Waals surface area contributed by atoms with E-state index in [-0.39, 0.29) is 30.1 Å². The van der Waals surface area contributed by atoms with Gasteiger partial charge in [0.2, 0.25) is 17.7 Å². The van der Waals surface area contributed by atoms with Gasteiger partial charge in [0.25, 0.3) is 0 Å². The molecule has 0 bridgehead atoms. The standard InChI is InChI=1S/C17H23N3O3/c1-12(21)19-14-7-4-8-15(11-14)20-16(22)9-10-18-17(23)13-5-2-3-6-13/h4,7-8,11,13H,2-3,5-6,9-10H2,1H3,(H,18,23)(H,19,21)(H,20,22). The summed E-state index contributed by atoms with van der Waals surface area (Å²) in [6.45, 7) is 1.77. The van der Waals surface area contributed by atoms with Crippen molar-refractivity contribution in [1.29, 1.82) is 0 Å². The molecule has 0 saturated heterocycles. The third-order valence-corrected chi connectivity index (χ3v) is 3.84. The number of rotatable bonds is 6. The second kappa shape index (κ2) is 8.31. The Hall–Kier alpha value is -2.37. The van der Waals surface area contributed by atoms with Gasteiger partial charge in [-0.15, -0.1) is 0 Å². The van der Waals surface area contributed by atoms with Gasteiger partial charge in [0.1, 0.15) is 0 Å². The zero-order valence-electron chi connectivity index (χ0n) is 13.4. The van der Waals surface area contributed by atoms with Crippen LogP contribution in [0.15, 0.2) is 24.3 Å². The molecule has 1 aliphatic carbocycles. The molecule has 0 aromatic heterocycles. The number of benzene rings is 1. The van der Waals surface area contributed by atoms with Crippen LogP contribution in [-0.2, 0) is 14.4 Å². The first kappa shape index (κ1) is 17.0. The van der Waals surface area contributed by atoms with Gasteiger partial charge < -0.3 is 16.0 Å². The van der Waals surface area contributed by atoms with Crippen LogP contribution in [0, 0.1) is 5.92 Å². The summed E-state index contributed by atoms with van der Waals surface area (Å²) in [5.74, 6) is -0.157. The minimum Gasteiger partial charge on any atom is -0.355 e. The summed E-state index contributed by atoms with van der Waals surface area (Å²) in [5, 5.41) is 8.24. The van der Waals surface area contributed by atoms with E-state index in [1.54, 1.807) is 24.3 Å². The van der Waals surface area contributed by atoms with Gasteiger partial charge in [0, 0.05) is 37.2 Å². The Morgan fingerprint density at radius 3 is 2.39 bits per heavy atom. The molecule has 1 saturated carbocycles. The molecular weight excluding hydrogens is 294 g/mol. The van der Waals surface area contributed by atoms with Crippen LogP contribution in [0.4, 0.5) is 11.4 Å². The molecule has 1 aliphatic rings. The van der Waals surface area contributed by atoms with E-state index in [1.165, 1.54) is 6.92 Å². The second-order valence-electron chi connectivity index (χ2n) is 5.83. The van der Waals surface area contributed by atoms with E-state index in [4.69, 9.17) is 0 Å². The van der Waals surface area contributed by atoms with Crippen molar-refractivity contribution in [3.63, 3.8) is 0 Å². The fourth-order valence-corrected chi connectivity index (χ4v) is 2.73. The maximum absolute atomic E-state index is 11.9. The minimum atomic E-state index is -0.170. The van der Waals surface area contributed by atoms with E-state index in [0.717, 1.165) is 25.7 Å². The smallest absolute Gasteiger partial charge is 0.226 e. The molecule has 0 unspecified atom stereocenters. The van der Waals surface area contributed by atoms with E-state index < -0.39 is 0 Å². The Balaban J connectivity index is 1.74. The van der Waals surface area contributed by atoms with Crippen LogP contribution in [0.1, 0.15) is 39.0 Å². The van der Waals surface area contributed by atoms with E-state index in [2.05, 4.69) is 16.0 Å². The van der Waals surface area contributed by atoms with Gasteiger partial charge in [-0.2, -0.15) is 0 Å². The molecule has 1 fully saturated rings. The van der Waals surface area contributed by atoms with Crippen LogP contribution >= 0.6 is 0 Å². The van der Waals surface area contributed by atoms with Crippen LogP contribution in [0.25, 0.3) is 0 Å². The average molecular weight is 317 g/mol. The Morgan fingerprint density at radius 1 is 1.09 bits per heavy atom. The summed E-state index contributed by atoms with van der Waals surface area (Å²) < 4.78 is 0. The van der Waals surface area contributed by atoms with E-state index in [9.17, 15) is 14.4 Å². The number of hydrogen-bond donors (Lipinski definition) is 3. The predicted octanol–water partition coefficient (Wildman–Crippen LogP) is 2.28. The van der Waals surface area contributed by atoms with Crippen molar-refractivity contribution < 1.29 is 14.4 Å².